The number of amides is 2. The Labute approximate surface area is 145 Å². The van der Waals surface area contributed by atoms with Gasteiger partial charge in [-0.15, -0.1) is 0 Å². The molecular weight excluding hydrogens is 328 g/mol. The van der Waals surface area contributed by atoms with Crippen molar-refractivity contribution >= 4 is 29.2 Å². The summed E-state index contributed by atoms with van der Waals surface area (Å²) in [6.45, 7) is 4.28. The number of rotatable bonds is 4. The topological polar surface area (TPSA) is 67.2 Å². The normalized spacial score (nSPS) is 14.0. The first-order valence-corrected chi connectivity index (χ1v) is 8.25. The van der Waals surface area contributed by atoms with Crippen LogP contribution >= 0.6 is 11.6 Å². The molecule has 0 saturated carbocycles. The molecule has 0 bridgehead atoms. The summed E-state index contributed by atoms with van der Waals surface area (Å²) in [5.41, 5.74) is 1.61. The Bertz CT molecular complexity index is 785. The Morgan fingerprint density at radius 3 is 2.88 bits per heavy atom. The van der Waals surface area contributed by atoms with Gasteiger partial charge in [-0.05, 0) is 26.0 Å². The van der Waals surface area contributed by atoms with Gasteiger partial charge in [-0.1, -0.05) is 23.7 Å². The third-order valence-corrected chi connectivity index (χ3v) is 3.98. The second-order valence-electron chi connectivity index (χ2n) is 6.07. The van der Waals surface area contributed by atoms with Crippen LogP contribution in [0.4, 0.5) is 5.82 Å². The molecule has 7 heteroatoms. The zero-order valence-electron chi connectivity index (χ0n) is 13.6. The molecule has 24 heavy (non-hydrogen) atoms. The van der Waals surface area contributed by atoms with Gasteiger partial charge in [0.2, 0.25) is 11.8 Å². The summed E-state index contributed by atoms with van der Waals surface area (Å²) in [4.78, 5) is 25.8. The highest BCUT2D eigenvalue weighted by molar-refractivity contribution is 6.30. The lowest BCUT2D eigenvalue weighted by Crippen LogP contribution is -2.45. The summed E-state index contributed by atoms with van der Waals surface area (Å²) < 4.78 is 1.76. The molecule has 0 fully saturated rings. The maximum atomic E-state index is 12.3. The summed E-state index contributed by atoms with van der Waals surface area (Å²) in [5.74, 6) is 0.386. The highest BCUT2D eigenvalue weighted by Crippen LogP contribution is 2.29. The molecule has 1 aliphatic rings. The maximum Gasteiger partial charge on any atom is 0.240 e. The van der Waals surface area contributed by atoms with Crippen LogP contribution in [0, 0.1) is 0 Å². The number of hydrogen-bond acceptors (Lipinski definition) is 3. The van der Waals surface area contributed by atoms with Gasteiger partial charge in [-0.2, -0.15) is 5.10 Å². The molecule has 0 unspecified atom stereocenters. The highest BCUT2D eigenvalue weighted by atomic mass is 35.5. The summed E-state index contributed by atoms with van der Waals surface area (Å²) in [6.07, 6.45) is 0.332. The summed E-state index contributed by atoms with van der Waals surface area (Å²) in [5, 5.41) is 7.98. The molecule has 1 aromatic heterocycles. The van der Waals surface area contributed by atoms with Crippen LogP contribution in [0.3, 0.4) is 0 Å². The van der Waals surface area contributed by atoms with E-state index < -0.39 is 0 Å². The quantitative estimate of drug-likeness (QED) is 0.924. The lowest BCUT2D eigenvalue weighted by atomic mass is 10.1. The van der Waals surface area contributed by atoms with E-state index in [1.807, 2.05) is 38.1 Å². The van der Waals surface area contributed by atoms with Crippen molar-refractivity contribution in [2.24, 2.45) is 0 Å². The van der Waals surface area contributed by atoms with E-state index in [4.69, 9.17) is 11.6 Å². The number of carbonyl (C=O) groups excluding carboxylic acids is 2. The Hall–Kier alpha value is -2.34. The number of hydrogen-bond donors (Lipinski definition) is 1. The van der Waals surface area contributed by atoms with E-state index in [-0.39, 0.29) is 24.4 Å². The van der Waals surface area contributed by atoms with Crippen LogP contribution in [0.15, 0.2) is 30.3 Å². The van der Waals surface area contributed by atoms with Gasteiger partial charge in [-0.3, -0.25) is 14.5 Å². The maximum absolute atomic E-state index is 12.3. The first-order chi connectivity index (χ1) is 11.4. The van der Waals surface area contributed by atoms with Gasteiger partial charge in [0.1, 0.15) is 12.4 Å². The van der Waals surface area contributed by atoms with Crippen molar-refractivity contribution in [3.63, 3.8) is 0 Å². The van der Waals surface area contributed by atoms with Gasteiger partial charge in [0, 0.05) is 29.1 Å². The lowest BCUT2D eigenvalue weighted by molar-refractivity contribution is -0.124. The van der Waals surface area contributed by atoms with E-state index >= 15 is 0 Å². The number of benzene rings is 1. The fourth-order valence-electron chi connectivity index (χ4n) is 2.72. The molecule has 0 aliphatic carbocycles. The standard InChI is InChI=1S/C17H19ClN4O2/c1-11(2)19-15(23)10-21-16-9-14(12-4-3-5-13(18)8-12)20-22(16)7-6-17(21)24/h3-5,8-9,11H,6-7,10H2,1-2H3,(H,19,23). The number of aromatic nitrogens is 2. The first-order valence-electron chi connectivity index (χ1n) is 7.87. The number of nitrogens with zero attached hydrogens (tertiary/aromatic N) is 3. The minimum Gasteiger partial charge on any atom is -0.352 e. The number of carbonyl (C=O) groups is 2. The fourth-order valence-corrected chi connectivity index (χ4v) is 2.91. The summed E-state index contributed by atoms with van der Waals surface area (Å²) in [7, 11) is 0. The molecule has 0 saturated heterocycles. The molecule has 2 amide bonds. The van der Waals surface area contributed by atoms with Gasteiger partial charge < -0.3 is 5.32 Å². The predicted molar refractivity (Wildman–Crippen MR) is 92.9 cm³/mol. The van der Waals surface area contributed by atoms with Crippen LogP contribution < -0.4 is 10.2 Å². The predicted octanol–water partition coefficient (Wildman–Crippen LogP) is 2.46. The molecule has 0 radical (unpaired) electrons. The molecule has 0 atom stereocenters. The average molecular weight is 347 g/mol. The van der Waals surface area contributed by atoms with E-state index in [0.717, 1.165) is 11.3 Å². The smallest absolute Gasteiger partial charge is 0.240 e. The summed E-state index contributed by atoms with van der Waals surface area (Å²) >= 11 is 6.04. The van der Waals surface area contributed by atoms with Gasteiger partial charge in [0.05, 0.1) is 12.2 Å². The SMILES string of the molecule is CC(C)NC(=O)CN1C(=O)CCn2nc(-c3cccc(Cl)c3)cc21. The van der Waals surface area contributed by atoms with Crippen molar-refractivity contribution in [1.29, 1.82) is 0 Å². The zero-order chi connectivity index (χ0) is 17.3. The molecule has 126 valence electrons. The molecule has 3 rings (SSSR count). The number of fused-ring (bicyclic) bond motifs is 1. The van der Waals surface area contributed by atoms with Crippen molar-refractivity contribution in [3.8, 4) is 11.3 Å². The molecule has 0 spiro atoms. The first kappa shape index (κ1) is 16.5. The van der Waals surface area contributed by atoms with Crippen LogP contribution in [-0.4, -0.2) is 34.2 Å². The largest absolute Gasteiger partial charge is 0.352 e. The van der Waals surface area contributed by atoms with Crippen LogP contribution in [0.1, 0.15) is 20.3 Å². The van der Waals surface area contributed by atoms with Gasteiger partial charge in [0.15, 0.2) is 0 Å². The zero-order valence-corrected chi connectivity index (χ0v) is 14.4. The molecule has 2 aromatic rings. The van der Waals surface area contributed by atoms with Gasteiger partial charge in [-0.25, -0.2) is 4.68 Å². The summed E-state index contributed by atoms with van der Waals surface area (Å²) in [6, 6.07) is 9.25. The Morgan fingerprint density at radius 2 is 2.17 bits per heavy atom. The minimum atomic E-state index is -0.183. The Morgan fingerprint density at radius 1 is 1.38 bits per heavy atom. The molecule has 6 nitrogen and oxygen atoms in total. The molecule has 2 heterocycles. The fraction of sp³-hybridized carbons (Fsp3) is 0.353. The number of anilines is 1. The van der Waals surface area contributed by atoms with E-state index in [2.05, 4.69) is 10.4 Å². The number of aryl methyl sites for hydroxylation is 1. The van der Waals surface area contributed by atoms with Crippen molar-refractivity contribution < 1.29 is 9.59 Å². The number of halogens is 1. The van der Waals surface area contributed by atoms with Crippen LogP contribution in [0.25, 0.3) is 11.3 Å². The van der Waals surface area contributed by atoms with Gasteiger partial charge >= 0.3 is 0 Å². The van der Waals surface area contributed by atoms with Crippen molar-refractivity contribution in [2.75, 3.05) is 11.4 Å². The van der Waals surface area contributed by atoms with Crippen LogP contribution in [0.5, 0.6) is 0 Å². The van der Waals surface area contributed by atoms with Gasteiger partial charge in [0.25, 0.3) is 0 Å². The van der Waals surface area contributed by atoms with Crippen LogP contribution in [-0.2, 0) is 16.1 Å². The van der Waals surface area contributed by atoms with Crippen molar-refractivity contribution in [1.82, 2.24) is 15.1 Å². The molecule has 1 aliphatic heterocycles. The molecular formula is C17H19ClN4O2. The third kappa shape index (κ3) is 3.43. The van der Waals surface area contributed by atoms with Crippen molar-refractivity contribution in [2.45, 2.75) is 32.9 Å². The second kappa shape index (κ2) is 6.65. The average Bonchev–Trinajstić information content (AvgIpc) is 2.94. The third-order valence-electron chi connectivity index (χ3n) is 3.75. The molecule has 1 N–H and O–H groups in total. The second-order valence-corrected chi connectivity index (χ2v) is 6.51. The van der Waals surface area contributed by atoms with Crippen molar-refractivity contribution in [3.05, 3.63) is 35.4 Å². The Balaban J connectivity index is 1.90. The highest BCUT2D eigenvalue weighted by Gasteiger charge is 2.28. The number of nitrogens with one attached hydrogen (secondary N) is 1. The Kier molecular flexibility index (Phi) is 4.57. The van der Waals surface area contributed by atoms with E-state index in [9.17, 15) is 9.59 Å². The van der Waals surface area contributed by atoms with Crippen LogP contribution in [0.2, 0.25) is 5.02 Å². The van der Waals surface area contributed by atoms with E-state index in [1.54, 1.807) is 10.7 Å². The van der Waals surface area contributed by atoms with E-state index in [0.29, 0.717) is 23.8 Å². The van der Waals surface area contributed by atoms with E-state index in [1.165, 1.54) is 4.90 Å². The lowest BCUT2D eigenvalue weighted by Gasteiger charge is -2.27. The minimum absolute atomic E-state index is 0.00229. The molecule has 1 aromatic carbocycles. The monoisotopic (exact) mass is 346 g/mol.